The Morgan fingerprint density at radius 3 is 1.86 bits per heavy atom. The van der Waals surface area contributed by atoms with Crippen molar-refractivity contribution in [2.75, 3.05) is 59.4 Å². The first kappa shape index (κ1) is 22.1. The van der Waals surface area contributed by atoms with E-state index in [1.807, 2.05) is 7.05 Å². The minimum absolute atomic E-state index is 0.00254. The molecule has 2 aliphatic heterocycles. The van der Waals surface area contributed by atoms with Crippen molar-refractivity contribution in [1.82, 2.24) is 17.8 Å². The smallest absolute Gasteiger partial charge is 0.282 e. The number of hydrogen-bond donors (Lipinski definition) is 0. The van der Waals surface area contributed by atoms with Crippen LogP contribution in [-0.4, -0.2) is 99.0 Å². The molecule has 0 spiro atoms. The predicted octanol–water partition coefficient (Wildman–Crippen LogP) is -0.298. The van der Waals surface area contributed by atoms with Crippen molar-refractivity contribution < 1.29 is 21.8 Å². The molecule has 0 N–H and O–H groups in total. The molecule has 0 unspecified atom stereocenters. The first-order chi connectivity index (χ1) is 13.5. The molecule has 0 aliphatic carbocycles. The molecule has 1 aromatic carbocycles. The SMILES string of the molecule is Cc1ccc([N+](=O)[O-])cc1S(=O)(=O)N1CCN(S(=O)(=O)N2CCN(C)CC2)CC1. The third kappa shape index (κ3) is 4.44. The molecule has 13 heteroatoms. The Hall–Kier alpha value is -1.64. The van der Waals surface area contributed by atoms with E-state index < -0.39 is 25.2 Å². The van der Waals surface area contributed by atoms with Crippen molar-refractivity contribution in [2.24, 2.45) is 0 Å². The number of sulfonamides is 1. The van der Waals surface area contributed by atoms with Gasteiger partial charge in [-0.15, -0.1) is 0 Å². The van der Waals surface area contributed by atoms with Gasteiger partial charge in [-0.2, -0.15) is 21.3 Å². The van der Waals surface area contributed by atoms with Gasteiger partial charge in [0.1, 0.15) is 0 Å². The Balaban J connectivity index is 1.73. The Kier molecular flexibility index (Phi) is 6.27. The summed E-state index contributed by atoms with van der Waals surface area (Å²) in [5.74, 6) is 0. The van der Waals surface area contributed by atoms with Crippen LogP contribution in [0.15, 0.2) is 23.1 Å². The third-order valence-corrected chi connectivity index (χ3v) is 9.39. The normalized spacial score (nSPS) is 21.3. The van der Waals surface area contributed by atoms with E-state index in [1.165, 1.54) is 25.0 Å². The molecule has 0 saturated carbocycles. The fourth-order valence-corrected chi connectivity index (χ4v) is 6.69. The number of non-ortho nitro benzene ring substituents is 1. The molecule has 1 aromatic rings. The molecular formula is C16H25N5O6S2. The average Bonchev–Trinajstić information content (AvgIpc) is 2.68. The van der Waals surface area contributed by atoms with Crippen LogP contribution in [0.5, 0.6) is 0 Å². The Bertz CT molecular complexity index is 981. The highest BCUT2D eigenvalue weighted by Crippen LogP contribution is 2.26. The molecule has 0 aromatic heterocycles. The van der Waals surface area contributed by atoms with Gasteiger partial charge >= 0.3 is 0 Å². The zero-order chi connectivity index (χ0) is 21.4. The monoisotopic (exact) mass is 447 g/mol. The number of likely N-dealkylation sites (N-methyl/N-ethyl adjacent to an activating group) is 1. The van der Waals surface area contributed by atoms with Crippen LogP contribution in [0.1, 0.15) is 5.56 Å². The maximum Gasteiger partial charge on any atom is 0.282 e. The van der Waals surface area contributed by atoms with E-state index in [1.54, 1.807) is 6.92 Å². The lowest BCUT2D eigenvalue weighted by Gasteiger charge is -2.38. The van der Waals surface area contributed by atoms with E-state index in [9.17, 15) is 26.9 Å². The molecule has 3 rings (SSSR count). The highest BCUT2D eigenvalue weighted by molar-refractivity contribution is 7.89. The number of benzene rings is 1. The summed E-state index contributed by atoms with van der Waals surface area (Å²) in [7, 11) is -5.67. The fraction of sp³-hybridized carbons (Fsp3) is 0.625. The zero-order valence-corrected chi connectivity index (χ0v) is 18.0. The molecule has 2 saturated heterocycles. The second-order valence-electron chi connectivity index (χ2n) is 7.22. The number of aryl methyl sites for hydroxylation is 1. The van der Waals surface area contributed by atoms with Crippen LogP contribution in [0.3, 0.4) is 0 Å². The number of nitro groups is 1. The first-order valence-corrected chi connectivity index (χ1v) is 12.1. The van der Waals surface area contributed by atoms with Crippen LogP contribution in [0.2, 0.25) is 0 Å². The van der Waals surface area contributed by atoms with Gasteiger partial charge in [0, 0.05) is 64.5 Å². The van der Waals surface area contributed by atoms with E-state index in [0.29, 0.717) is 31.7 Å². The van der Waals surface area contributed by atoms with E-state index in [4.69, 9.17) is 0 Å². The van der Waals surface area contributed by atoms with Gasteiger partial charge in [0.25, 0.3) is 15.9 Å². The summed E-state index contributed by atoms with van der Waals surface area (Å²) < 4.78 is 55.6. The lowest BCUT2D eigenvalue weighted by Crippen LogP contribution is -2.57. The van der Waals surface area contributed by atoms with Gasteiger partial charge in [0.05, 0.1) is 9.82 Å². The van der Waals surface area contributed by atoms with Gasteiger partial charge < -0.3 is 4.90 Å². The zero-order valence-electron chi connectivity index (χ0n) is 16.4. The van der Waals surface area contributed by atoms with Crippen LogP contribution in [0, 0.1) is 17.0 Å². The molecule has 11 nitrogen and oxygen atoms in total. The van der Waals surface area contributed by atoms with Gasteiger partial charge in [-0.25, -0.2) is 8.42 Å². The van der Waals surface area contributed by atoms with Gasteiger partial charge in [-0.1, -0.05) is 6.07 Å². The molecule has 0 amide bonds. The van der Waals surface area contributed by atoms with E-state index in [2.05, 4.69) is 4.90 Å². The Labute approximate surface area is 170 Å². The molecule has 0 atom stereocenters. The van der Waals surface area contributed by atoms with Gasteiger partial charge in [-0.05, 0) is 19.5 Å². The molecular weight excluding hydrogens is 422 g/mol. The van der Waals surface area contributed by atoms with E-state index in [-0.39, 0.29) is 36.8 Å². The predicted molar refractivity (Wildman–Crippen MR) is 106 cm³/mol. The molecule has 0 bridgehead atoms. The summed E-state index contributed by atoms with van der Waals surface area (Å²) in [5, 5.41) is 11.0. The van der Waals surface area contributed by atoms with Gasteiger partial charge in [0.15, 0.2) is 0 Å². The maximum absolute atomic E-state index is 13.0. The highest BCUT2D eigenvalue weighted by atomic mass is 32.2. The second kappa shape index (κ2) is 8.24. The quantitative estimate of drug-likeness (QED) is 0.448. The number of rotatable bonds is 5. The minimum atomic E-state index is -3.96. The molecule has 29 heavy (non-hydrogen) atoms. The summed E-state index contributed by atoms with van der Waals surface area (Å²) in [6, 6.07) is 3.71. The summed E-state index contributed by atoms with van der Waals surface area (Å²) in [5.41, 5.74) is 0.105. The summed E-state index contributed by atoms with van der Waals surface area (Å²) in [4.78, 5) is 12.3. The lowest BCUT2D eigenvalue weighted by molar-refractivity contribution is -0.385. The van der Waals surface area contributed by atoms with Crippen LogP contribution < -0.4 is 0 Å². The van der Waals surface area contributed by atoms with Gasteiger partial charge in [-0.3, -0.25) is 10.1 Å². The topological polar surface area (TPSA) is 124 Å². The average molecular weight is 448 g/mol. The van der Waals surface area contributed by atoms with Gasteiger partial charge in [0.2, 0.25) is 10.0 Å². The van der Waals surface area contributed by atoms with Crippen LogP contribution in [-0.2, 0) is 20.2 Å². The van der Waals surface area contributed by atoms with Crippen molar-refractivity contribution in [3.05, 3.63) is 33.9 Å². The summed E-state index contributed by atoms with van der Waals surface area (Å²) >= 11 is 0. The molecule has 2 heterocycles. The third-order valence-electron chi connectivity index (χ3n) is 5.31. The molecule has 0 radical (unpaired) electrons. The van der Waals surface area contributed by atoms with Crippen LogP contribution in [0.25, 0.3) is 0 Å². The Morgan fingerprint density at radius 1 is 0.862 bits per heavy atom. The standard InChI is InChI=1S/C16H25N5O6S2/c1-14-3-4-15(21(22)23)13-16(14)28(24,25)18-9-11-20(12-10-18)29(26,27)19-7-5-17(2)6-8-19/h3-4,13H,5-12H2,1-2H3. The summed E-state index contributed by atoms with van der Waals surface area (Å²) in [6.45, 7) is 3.77. The lowest BCUT2D eigenvalue weighted by atomic mass is 10.2. The van der Waals surface area contributed by atoms with E-state index in [0.717, 1.165) is 6.07 Å². The number of nitrogens with zero attached hydrogens (tertiary/aromatic N) is 5. The van der Waals surface area contributed by atoms with Crippen molar-refractivity contribution in [3.8, 4) is 0 Å². The highest BCUT2D eigenvalue weighted by Gasteiger charge is 2.37. The number of piperazine rings is 2. The van der Waals surface area contributed by atoms with Crippen LogP contribution >= 0.6 is 0 Å². The fourth-order valence-electron chi connectivity index (χ4n) is 3.44. The van der Waals surface area contributed by atoms with Crippen LogP contribution in [0.4, 0.5) is 5.69 Å². The minimum Gasteiger partial charge on any atom is -0.304 e. The summed E-state index contributed by atoms with van der Waals surface area (Å²) in [6.07, 6.45) is 0. The largest absolute Gasteiger partial charge is 0.304 e. The number of hydrogen-bond acceptors (Lipinski definition) is 7. The van der Waals surface area contributed by atoms with Crippen molar-refractivity contribution >= 4 is 25.9 Å². The second-order valence-corrected chi connectivity index (χ2v) is 11.1. The number of nitro benzene ring substituents is 1. The van der Waals surface area contributed by atoms with Crippen molar-refractivity contribution in [2.45, 2.75) is 11.8 Å². The molecule has 2 fully saturated rings. The maximum atomic E-state index is 13.0. The molecule has 162 valence electrons. The van der Waals surface area contributed by atoms with E-state index >= 15 is 0 Å². The van der Waals surface area contributed by atoms with Crippen molar-refractivity contribution in [1.29, 1.82) is 0 Å². The van der Waals surface area contributed by atoms with Crippen molar-refractivity contribution in [3.63, 3.8) is 0 Å². The Morgan fingerprint density at radius 2 is 1.34 bits per heavy atom. The molecule has 2 aliphatic rings. The first-order valence-electron chi connectivity index (χ1n) is 9.22.